The molecule has 0 atom stereocenters. The fraction of sp³-hybridized carbons (Fsp3) is 0.208. The number of fused-ring (bicyclic) bond motifs is 1. The summed E-state index contributed by atoms with van der Waals surface area (Å²) in [5, 5.41) is 3.72. The maximum absolute atomic E-state index is 15.0. The van der Waals surface area contributed by atoms with Crippen LogP contribution in [-0.2, 0) is 6.42 Å². The van der Waals surface area contributed by atoms with Crippen molar-refractivity contribution in [3.05, 3.63) is 77.4 Å². The van der Waals surface area contributed by atoms with Crippen molar-refractivity contribution < 1.29 is 9.18 Å². The molecule has 2 N–H and O–H groups in total. The van der Waals surface area contributed by atoms with E-state index in [0.717, 1.165) is 22.2 Å². The molecular formula is C24H24FN5O. The summed E-state index contributed by atoms with van der Waals surface area (Å²) in [6.45, 7) is 2.47. The van der Waals surface area contributed by atoms with Crippen LogP contribution in [0.15, 0.2) is 54.7 Å². The molecule has 7 heteroatoms. The molecule has 0 aliphatic carbocycles. The largest absolute Gasteiger partial charge is 0.365 e. The summed E-state index contributed by atoms with van der Waals surface area (Å²) >= 11 is 0. The second kappa shape index (κ2) is 8.55. The lowest BCUT2D eigenvalue weighted by Gasteiger charge is -2.16. The zero-order chi connectivity index (χ0) is 22.0. The summed E-state index contributed by atoms with van der Waals surface area (Å²) in [5.74, 6) is 0.152. The molecule has 0 saturated heterocycles. The number of aromatic amines is 1. The SMILES string of the molecule is Cc1ccc2nc(-c3ccc(C(=O)NCCc4ccc[nH]4)cc3F)nc(N(C)C)c2c1. The fourth-order valence-corrected chi connectivity index (χ4v) is 3.46. The van der Waals surface area contributed by atoms with Gasteiger partial charge < -0.3 is 15.2 Å². The number of H-pyrrole nitrogens is 1. The zero-order valence-electron chi connectivity index (χ0n) is 17.7. The molecule has 0 fully saturated rings. The average molecular weight is 417 g/mol. The van der Waals surface area contributed by atoms with E-state index in [1.54, 1.807) is 12.1 Å². The highest BCUT2D eigenvalue weighted by Gasteiger charge is 2.16. The molecule has 6 nitrogen and oxygen atoms in total. The Bertz CT molecular complexity index is 1230. The van der Waals surface area contributed by atoms with E-state index in [9.17, 15) is 9.18 Å². The molecule has 0 unspecified atom stereocenters. The van der Waals surface area contributed by atoms with Gasteiger partial charge in [0.1, 0.15) is 11.6 Å². The molecule has 4 aromatic rings. The number of amides is 1. The van der Waals surface area contributed by atoms with Gasteiger partial charge in [-0.15, -0.1) is 0 Å². The second-order valence-electron chi connectivity index (χ2n) is 7.68. The van der Waals surface area contributed by atoms with Crippen LogP contribution >= 0.6 is 0 Å². The van der Waals surface area contributed by atoms with Crippen molar-refractivity contribution in [3.8, 4) is 11.4 Å². The Labute approximate surface area is 180 Å². The van der Waals surface area contributed by atoms with E-state index in [4.69, 9.17) is 0 Å². The number of carbonyl (C=O) groups excluding carboxylic acids is 1. The third-order valence-electron chi connectivity index (χ3n) is 5.07. The number of halogens is 1. The molecule has 0 saturated carbocycles. The minimum Gasteiger partial charge on any atom is -0.365 e. The lowest BCUT2D eigenvalue weighted by atomic mass is 10.1. The summed E-state index contributed by atoms with van der Waals surface area (Å²) in [6, 6.07) is 14.1. The summed E-state index contributed by atoms with van der Waals surface area (Å²) < 4.78 is 15.0. The van der Waals surface area contributed by atoms with Crippen LogP contribution in [0.25, 0.3) is 22.3 Å². The van der Waals surface area contributed by atoms with E-state index in [0.29, 0.717) is 18.8 Å². The molecule has 0 radical (unpaired) electrons. The first kappa shape index (κ1) is 20.5. The molecule has 0 spiro atoms. The lowest BCUT2D eigenvalue weighted by molar-refractivity contribution is 0.0953. The molecule has 2 heterocycles. The first-order chi connectivity index (χ1) is 14.9. The van der Waals surface area contributed by atoms with Gasteiger partial charge in [-0.2, -0.15) is 0 Å². The minimum atomic E-state index is -0.534. The Balaban J connectivity index is 1.59. The Morgan fingerprint density at radius 2 is 1.97 bits per heavy atom. The van der Waals surface area contributed by atoms with Crippen LogP contribution < -0.4 is 10.2 Å². The topological polar surface area (TPSA) is 73.9 Å². The van der Waals surface area contributed by atoms with Crippen molar-refractivity contribution in [2.75, 3.05) is 25.5 Å². The van der Waals surface area contributed by atoms with Gasteiger partial charge >= 0.3 is 0 Å². The minimum absolute atomic E-state index is 0.258. The molecule has 2 aromatic heterocycles. The second-order valence-corrected chi connectivity index (χ2v) is 7.68. The number of hydrogen-bond donors (Lipinski definition) is 2. The highest BCUT2D eigenvalue weighted by Crippen LogP contribution is 2.28. The average Bonchev–Trinajstić information content (AvgIpc) is 3.26. The summed E-state index contributed by atoms with van der Waals surface area (Å²) in [4.78, 5) is 26.5. The highest BCUT2D eigenvalue weighted by atomic mass is 19.1. The highest BCUT2D eigenvalue weighted by molar-refractivity contribution is 5.95. The van der Waals surface area contributed by atoms with E-state index in [-0.39, 0.29) is 22.9 Å². The monoisotopic (exact) mass is 417 g/mol. The van der Waals surface area contributed by atoms with E-state index in [1.807, 2.05) is 62.4 Å². The first-order valence-electron chi connectivity index (χ1n) is 10.1. The van der Waals surface area contributed by atoms with Crippen molar-refractivity contribution in [1.82, 2.24) is 20.3 Å². The number of rotatable bonds is 6. The van der Waals surface area contributed by atoms with Crippen molar-refractivity contribution in [1.29, 1.82) is 0 Å². The van der Waals surface area contributed by atoms with Crippen LogP contribution in [0, 0.1) is 12.7 Å². The number of aryl methyl sites for hydroxylation is 1. The third kappa shape index (κ3) is 4.40. The zero-order valence-corrected chi connectivity index (χ0v) is 17.7. The Morgan fingerprint density at radius 1 is 1.13 bits per heavy atom. The number of hydrogen-bond acceptors (Lipinski definition) is 4. The molecule has 2 aromatic carbocycles. The van der Waals surface area contributed by atoms with Gasteiger partial charge in [-0.05, 0) is 49.4 Å². The van der Waals surface area contributed by atoms with Gasteiger partial charge in [0.2, 0.25) is 0 Å². The van der Waals surface area contributed by atoms with Crippen molar-refractivity contribution in [2.24, 2.45) is 0 Å². The van der Waals surface area contributed by atoms with Crippen molar-refractivity contribution >= 4 is 22.6 Å². The smallest absolute Gasteiger partial charge is 0.251 e. The molecule has 31 heavy (non-hydrogen) atoms. The molecule has 4 rings (SSSR count). The van der Waals surface area contributed by atoms with E-state index in [2.05, 4.69) is 20.3 Å². The van der Waals surface area contributed by atoms with E-state index >= 15 is 0 Å². The molecule has 158 valence electrons. The first-order valence-corrected chi connectivity index (χ1v) is 10.1. The number of anilines is 1. The predicted molar refractivity (Wildman–Crippen MR) is 121 cm³/mol. The van der Waals surface area contributed by atoms with Crippen LogP contribution in [0.4, 0.5) is 10.2 Å². The number of aromatic nitrogens is 3. The van der Waals surface area contributed by atoms with Crippen LogP contribution in [0.5, 0.6) is 0 Å². The van der Waals surface area contributed by atoms with Gasteiger partial charge in [-0.25, -0.2) is 14.4 Å². The van der Waals surface area contributed by atoms with Crippen LogP contribution in [0.1, 0.15) is 21.6 Å². The molecule has 0 aliphatic rings. The lowest BCUT2D eigenvalue weighted by Crippen LogP contribution is -2.25. The number of benzene rings is 2. The number of carbonyl (C=O) groups is 1. The Morgan fingerprint density at radius 3 is 2.68 bits per heavy atom. The van der Waals surface area contributed by atoms with Gasteiger partial charge in [0, 0.05) is 49.9 Å². The van der Waals surface area contributed by atoms with Crippen LogP contribution in [0.2, 0.25) is 0 Å². The van der Waals surface area contributed by atoms with Gasteiger partial charge in [-0.3, -0.25) is 4.79 Å². The Kier molecular flexibility index (Phi) is 5.66. The maximum atomic E-state index is 15.0. The van der Waals surface area contributed by atoms with Gasteiger partial charge in [0.15, 0.2) is 5.82 Å². The summed E-state index contributed by atoms with van der Waals surface area (Å²) in [5.41, 5.74) is 3.39. The summed E-state index contributed by atoms with van der Waals surface area (Å²) in [7, 11) is 3.79. The molecule has 0 aliphatic heterocycles. The molecule has 1 amide bonds. The maximum Gasteiger partial charge on any atom is 0.251 e. The van der Waals surface area contributed by atoms with Crippen molar-refractivity contribution in [3.63, 3.8) is 0 Å². The van der Waals surface area contributed by atoms with Crippen LogP contribution in [-0.4, -0.2) is 41.5 Å². The van der Waals surface area contributed by atoms with E-state index < -0.39 is 5.82 Å². The number of nitrogens with one attached hydrogen (secondary N) is 2. The van der Waals surface area contributed by atoms with Gasteiger partial charge in [-0.1, -0.05) is 11.6 Å². The van der Waals surface area contributed by atoms with Crippen LogP contribution in [0.3, 0.4) is 0 Å². The van der Waals surface area contributed by atoms with E-state index in [1.165, 1.54) is 6.07 Å². The number of nitrogens with zero attached hydrogens (tertiary/aromatic N) is 3. The van der Waals surface area contributed by atoms with Gasteiger partial charge in [0.25, 0.3) is 5.91 Å². The molecular weight excluding hydrogens is 393 g/mol. The quantitative estimate of drug-likeness (QED) is 0.495. The predicted octanol–water partition coefficient (Wildman–Crippen LogP) is 4.11. The standard InChI is InChI=1S/C24H24FN5O/c1-15-6-9-21-19(13-15)23(30(2)3)29-22(28-21)18-8-7-16(14-20(18)25)24(31)27-12-10-17-5-4-11-26-17/h4-9,11,13-14,26H,10,12H2,1-3H3,(H,27,31). The normalized spacial score (nSPS) is 11.0. The van der Waals surface area contributed by atoms with Crippen molar-refractivity contribution in [2.45, 2.75) is 13.3 Å². The Hall–Kier alpha value is -3.74. The third-order valence-corrected chi connectivity index (χ3v) is 5.07. The summed E-state index contributed by atoms with van der Waals surface area (Å²) in [6.07, 6.45) is 2.51. The van der Waals surface area contributed by atoms with Gasteiger partial charge in [0.05, 0.1) is 11.1 Å². The molecule has 0 bridgehead atoms. The fourth-order valence-electron chi connectivity index (χ4n) is 3.46.